The first-order valence-electron chi connectivity index (χ1n) is 7.11. The topological polar surface area (TPSA) is 106 Å². The lowest BCUT2D eigenvalue weighted by Gasteiger charge is -2.37. The van der Waals surface area contributed by atoms with E-state index in [1.165, 1.54) is 22.5 Å². The lowest BCUT2D eigenvalue weighted by molar-refractivity contribution is 0.1000. The van der Waals surface area contributed by atoms with E-state index in [1.807, 2.05) is 6.92 Å². The van der Waals surface area contributed by atoms with Crippen molar-refractivity contribution in [3.05, 3.63) is 28.2 Å². The Balaban J connectivity index is 0.00000264. The molecule has 1 fully saturated rings. The number of piperidine rings is 1. The summed E-state index contributed by atoms with van der Waals surface area (Å²) in [6.45, 7) is 2.25. The van der Waals surface area contributed by atoms with Crippen molar-refractivity contribution in [1.82, 2.24) is 4.31 Å². The second kappa shape index (κ2) is 7.94. The Kier molecular flexibility index (Phi) is 7.03. The zero-order chi connectivity index (χ0) is 16.5. The van der Waals surface area contributed by atoms with E-state index in [-0.39, 0.29) is 34.9 Å². The molecular formula is C14H21BrClN3O3S. The second-order valence-corrected chi connectivity index (χ2v) is 8.38. The minimum absolute atomic E-state index is 0. The van der Waals surface area contributed by atoms with Gasteiger partial charge in [0.15, 0.2) is 0 Å². The van der Waals surface area contributed by atoms with Crippen LogP contribution in [0.1, 0.15) is 36.5 Å². The number of nitrogens with zero attached hydrogens (tertiary/aromatic N) is 1. The van der Waals surface area contributed by atoms with Crippen molar-refractivity contribution >= 4 is 44.3 Å². The molecule has 0 spiro atoms. The van der Waals surface area contributed by atoms with Crippen LogP contribution >= 0.6 is 28.3 Å². The van der Waals surface area contributed by atoms with Crippen molar-refractivity contribution in [3.63, 3.8) is 0 Å². The molecule has 1 amide bonds. The van der Waals surface area contributed by atoms with Gasteiger partial charge in [-0.15, -0.1) is 12.4 Å². The normalized spacial score (nSPS) is 20.6. The number of benzene rings is 1. The quantitative estimate of drug-likeness (QED) is 0.766. The van der Waals surface area contributed by atoms with Crippen molar-refractivity contribution in [3.8, 4) is 0 Å². The van der Waals surface area contributed by atoms with Gasteiger partial charge in [-0.05, 0) is 38.0 Å². The molecule has 130 valence electrons. The highest BCUT2D eigenvalue weighted by Crippen LogP contribution is 2.28. The van der Waals surface area contributed by atoms with E-state index >= 15 is 0 Å². The van der Waals surface area contributed by atoms with Gasteiger partial charge < -0.3 is 11.5 Å². The molecule has 1 saturated heterocycles. The molecule has 0 saturated carbocycles. The average molecular weight is 427 g/mol. The maximum Gasteiger partial charge on any atom is 0.248 e. The third-order valence-corrected chi connectivity index (χ3v) is 6.23. The summed E-state index contributed by atoms with van der Waals surface area (Å²) in [6.07, 6.45) is 2.51. The first-order chi connectivity index (χ1) is 10.2. The van der Waals surface area contributed by atoms with E-state index in [1.54, 1.807) is 0 Å². The molecule has 0 radical (unpaired) electrons. The Morgan fingerprint density at radius 2 is 2.00 bits per heavy atom. The van der Waals surface area contributed by atoms with E-state index in [2.05, 4.69) is 15.9 Å². The van der Waals surface area contributed by atoms with Gasteiger partial charge in [0.05, 0.1) is 4.90 Å². The molecule has 2 atom stereocenters. The van der Waals surface area contributed by atoms with E-state index < -0.39 is 15.9 Å². The van der Waals surface area contributed by atoms with Crippen LogP contribution in [0.25, 0.3) is 0 Å². The zero-order valence-corrected chi connectivity index (χ0v) is 16.0. The number of hydrogen-bond acceptors (Lipinski definition) is 4. The Bertz CT molecular complexity index is 682. The summed E-state index contributed by atoms with van der Waals surface area (Å²) in [7, 11) is -3.72. The van der Waals surface area contributed by atoms with Crippen molar-refractivity contribution in [2.75, 3.05) is 6.54 Å². The van der Waals surface area contributed by atoms with Crippen LogP contribution < -0.4 is 11.5 Å². The monoisotopic (exact) mass is 425 g/mol. The lowest BCUT2D eigenvalue weighted by Crippen LogP contribution is -2.51. The standard InChI is InChI=1S/C14H20BrN3O3S.ClH/c1-9(16)13-4-2-3-5-18(13)22(20,21)12-7-10(14(17)19)6-11(15)8-12;/h6-9,13H,2-5,16H2,1H3,(H2,17,19);1H. The van der Waals surface area contributed by atoms with Gasteiger partial charge >= 0.3 is 0 Å². The molecule has 0 aromatic heterocycles. The number of primary amides is 1. The Labute approximate surface area is 151 Å². The minimum atomic E-state index is -3.72. The van der Waals surface area contributed by atoms with Crippen LogP contribution in [-0.4, -0.2) is 37.3 Å². The lowest BCUT2D eigenvalue weighted by atomic mass is 10.00. The van der Waals surface area contributed by atoms with E-state index in [4.69, 9.17) is 11.5 Å². The SMILES string of the molecule is CC(N)C1CCCCN1S(=O)(=O)c1cc(Br)cc(C(N)=O)c1.Cl. The van der Waals surface area contributed by atoms with E-state index in [0.29, 0.717) is 11.0 Å². The van der Waals surface area contributed by atoms with E-state index in [0.717, 1.165) is 19.3 Å². The third kappa shape index (κ3) is 4.45. The van der Waals surface area contributed by atoms with Crippen LogP contribution in [0.5, 0.6) is 0 Å². The molecule has 1 aromatic carbocycles. The smallest absolute Gasteiger partial charge is 0.248 e. The van der Waals surface area contributed by atoms with Gasteiger partial charge in [-0.1, -0.05) is 22.4 Å². The molecule has 0 aliphatic carbocycles. The molecule has 1 aromatic rings. The van der Waals surface area contributed by atoms with E-state index in [9.17, 15) is 13.2 Å². The van der Waals surface area contributed by atoms with Crippen LogP contribution in [0.4, 0.5) is 0 Å². The van der Waals surface area contributed by atoms with Gasteiger partial charge in [-0.25, -0.2) is 8.42 Å². The summed E-state index contributed by atoms with van der Waals surface area (Å²) >= 11 is 3.23. The van der Waals surface area contributed by atoms with Gasteiger partial charge in [0.25, 0.3) is 0 Å². The molecule has 2 unspecified atom stereocenters. The number of nitrogens with two attached hydrogens (primary N) is 2. The average Bonchev–Trinajstić information content (AvgIpc) is 2.46. The van der Waals surface area contributed by atoms with Gasteiger partial charge in [0.1, 0.15) is 0 Å². The predicted molar refractivity (Wildman–Crippen MR) is 95.1 cm³/mol. The molecule has 2 rings (SSSR count). The summed E-state index contributed by atoms with van der Waals surface area (Å²) in [6, 6.07) is 3.82. The van der Waals surface area contributed by atoms with Crippen LogP contribution in [0, 0.1) is 0 Å². The predicted octanol–water partition coefficient (Wildman–Crippen LogP) is 1.86. The van der Waals surface area contributed by atoms with Crippen LogP contribution in [0.2, 0.25) is 0 Å². The minimum Gasteiger partial charge on any atom is -0.366 e. The molecular weight excluding hydrogens is 406 g/mol. The number of rotatable bonds is 4. The summed E-state index contributed by atoms with van der Waals surface area (Å²) in [4.78, 5) is 11.4. The third-order valence-electron chi connectivity index (χ3n) is 3.87. The summed E-state index contributed by atoms with van der Waals surface area (Å²) < 4.78 is 27.8. The molecule has 1 aliphatic rings. The van der Waals surface area contributed by atoms with Crippen molar-refractivity contribution in [2.45, 2.75) is 43.2 Å². The molecule has 9 heteroatoms. The second-order valence-electron chi connectivity index (χ2n) is 5.58. The highest BCUT2D eigenvalue weighted by atomic mass is 79.9. The summed E-state index contributed by atoms with van der Waals surface area (Å²) in [5.74, 6) is -0.667. The van der Waals surface area contributed by atoms with Crippen molar-refractivity contribution in [2.24, 2.45) is 11.5 Å². The zero-order valence-electron chi connectivity index (χ0n) is 12.7. The molecule has 4 N–H and O–H groups in total. The Morgan fingerprint density at radius 1 is 1.35 bits per heavy atom. The van der Waals surface area contributed by atoms with Crippen LogP contribution in [0.3, 0.4) is 0 Å². The number of carbonyl (C=O) groups is 1. The first-order valence-corrected chi connectivity index (χ1v) is 9.34. The number of amides is 1. The van der Waals surface area contributed by atoms with Gasteiger partial charge in [-0.3, -0.25) is 4.79 Å². The fraction of sp³-hybridized carbons (Fsp3) is 0.500. The molecule has 1 heterocycles. The molecule has 1 aliphatic heterocycles. The number of hydrogen-bond donors (Lipinski definition) is 2. The van der Waals surface area contributed by atoms with Gasteiger partial charge in [0, 0.05) is 28.7 Å². The fourth-order valence-electron chi connectivity index (χ4n) is 2.74. The first kappa shape index (κ1) is 20.4. The van der Waals surface area contributed by atoms with Crippen LogP contribution in [-0.2, 0) is 10.0 Å². The Morgan fingerprint density at radius 3 is 2.57 bits per heavy atom. The number of sulfonamides is 1. The van der Waals surface area contributed by atoms with Crippen molar-refractivity contribution < 1.29 is 13.2 Å². The summed E-state index contributed by atoms with van der Waals surface area (Å²) in [5, 5.41) is 0. The Hall–Kier alpha value is -0.670. The molecule has 6 nitrogen and oxygen atoms in total. The largest absolute Gasteiger partial charge is 0.366 e. The highest BCUT2D eigenvalue weighted by molar-refractivity contribution is 9.10. The highest BCUT2D eigenvalue weighted by Gasteiger charge is 2.35. The fourth-order valence-corrected chi connectivity index (χ4v) is 5.23. The number of carbonyl (C=O) groups excluding carboxylic acids is 1. The molecule has 23 heavy (non-hydrogen) atoms. The number of halogens is 2. The van der Waals surface area contributed by atoms with Gasteiger partial charge in [0.2, 0.25) is 15.9 Å². The summed E-state index contributed by atoms with van der Waals surface area (Å²) in [5.41, 5.74) is 11.4. The maximum atomic E-state index is 12.9. The maximum absolute atomic E-state index is 12.9. The molecule has 0 bridgehead atoms. The van der Waals surface area contributed by atoms with Gasteiger partial charge in [-0.2, -0.15) is 4.31 Å². The van der Waals surface area contributed by atoms with Crippen molar-refractivity contribution in [1.29, 1.82) is 0 Å². The van der Waals surface area contributed by atoms with Crippen LogP contribution in [0.15, 0.2) is 27.6 Å².